The van der Waals surface area contributed by atoms with Crippen LogP contribution in [0.3, 0.4) is 0 Å². The third-order valence-electron chi connectivity index (χ3n) is 2.49. The predicted molar refractivity (Wildman–Crippen MR) is 76.8 cm³/mol. The molecule has 0 spiro atoms. The van der Waals surface area contributed by atoms with Crippen LogP contribution in [0.2, 0.25) is 0 Å². The molecule has 1 heterocycles. The third-order valence-corrected chi connectivity index (χ3v) is 2.58. The Hall–Kier alpha value is -2.61. The fraction of sp³-hybridized carbons (Fsp3) is 0.0833. The van der Waals surface area contributed by atoms with Gasteiger partial charge in [0.2, 0.25) is 5.55 Å². The summed E-state index contributed by atoms with van der Waals surface area (Å²) in [5, 5.41) is 4.41. The molecule has 1 amide bonds. The smallest absolute Gasteiger partial charge is 0.254 e. The predicted octanol–water partition coefficient (Wildman–Crippen LogP) is 0.189. The number of nitrogens with one attached hydrogen (secondary N) is 1. The molecule has 0 saturated carbocycles. The largest absolute Gasteiger partial charge is 0.493 e. The number of nitrogens with two attached hydrogens (primary N) is 2. The van der Waals surface area contributed by atoms with Gasteiger partial charge in [0.25, 0.3) is 5.91 Å². The van der Waals surface area contributed by atoms with Gasteiger partial charge in [0, 0.05) is 5.39 Å². The number of primary amides is 1. The van der Waals surface area contributed by atoms with Crippen molar-refractivity contribution in [2.24, 2.45) is 16.6 Å². The summed E-state index contributed by atoms with van der Waals surface area (Å²) < 4.78 is 10.7. The number of para-hydroxylation sites is 1. The normalized spacial score (nSPS) is 11.3. The molecule has 0 aliphatic rings. The van der Waals surface area contributed by atoms with E-state index in [9.17, 15) is 4.79 Å². The molecule has 20 heavy (non-hydrogen) atoms. The Labute approximate surface area is 119 Å². The summed E-state index contributed by atoms with van der Waals surface area (Å²) in [7, 11) is 1.51. The molecule has 0 unspecified atom stereocenters. The number of hydrogen-bond donors (Lipinski definition) is 3. The Bertz CT molecular complexity index is 754. The summed E-state index contributed by atoms with van der Waals surface area (Å²) in [6.45, 7) is 0. The second-order valence-electron chi connectivity index (χ2n) is 3.80. The summed E-state index contributed by atoms with van der Waals surface area (Å²) >= 11 is 4.64. The van der Waals surface area contributed by atoms with E-state index in [0.717, 1.165) is 0 Å². The number of carbonyl (C=O) groups is 1. The van der Waals surface area contributed by atoms with E-state index in [1.54, 1.807) is 24.3 Å². The number of hydrogen-bond acceptors (Lipinski definition) is 5. The molecule has 1 aromatic carbocycles. The topological polar surface area (TPSA) is 116 Å². The minimum atomic E-state index is -0.679. The molecule has 2 aromatic rings. The second-order valence-corrected chi connectivity index (χ2v) is 4.24. The Morgan fingerprint density at radius 3 is 2.80 bits per heavy atom. The standard InChI is InChI=1S/C12H12N4O3S/c1-18-8-4-2-3-6-5-7(10(13)17)11(19-9(6)8)15-16-12(14)20/h2-5H,1H3,(H2,13,17)(H3,14,16,20). The monoisotopic (exact) mass is 292 g/mol. The fourth-order valence-electron chi connectivity index (χ4n) is 1.65. The molecular weight excluding hydrogens is 280 g/mol. The maximum Gasteiger partial charge on any atom is 0.254 e. The lowest BCUT2D eigenvalue weighted by Crippen LogP contribution is -2.29. The number of rotatable bonds is 3. The van der Waals surface area contributed by atoms with Crippen LogP contribution in [-0.2, 0) is 0 Å². The summed E-state index contributed by atoms with van der Waals surface area (Å²) in [4.78, 5) is 11.4. The number of carbonyl (C=O) groups excluding carboxylic acids is 1. The van der Waals surface area contributed by atoms with Gasteiger partial charge in [-0.2, -0.15) is 0 Å². The fourth-order valence-corrected chi connectivity index (χ4v) is 1.70. The van der Waals surface area contributed by atoms with E-state index in [1.807, 2.05) is 0 Å². The van der Waals surface area contributed by atoms with E-state index in [2.05, 4.69) is 22.7 Å². The first-order valence-electron chi connectivity index (χ1n) is 5.52. The van der Waals surface area contributed by atoms with E-state index >= 15 is 0 Å². The van der Waals surface area contributed by atoms with Crippen molar-refractivity contribution < 1.29 is 13.9 Å². The average molecular weight is 292 g/mol. The first kappa shape index (κ1) is 13.8. The lowest BCUT2D eigenvalue weighted by molar-refractivity contribution is 0.0996. The Kier molecular flexibility index (Phi) is 3.85. The zero-order chi connectivity index (χ0) is 14.7. The molecule has 0 saturated heterocycles. The van der Waals surface area contributed by atoms with Crippen LogP contribution in [0.15, 0.2) is 33.8 Å². The van der Waals surface area contributed by atoms with Crippen LogP contribution in [-0.4, -0.2) is 18.1 Å². The molecule has 0 aliphatic heterocycles. The van der Waals surface area contributed by atoms with Gasteiger partial charge in [-0.15, -0.1) is 5.10 Å². The number of amides is 1. The summed E-state index contributed by atoms with van der Waals surface area (Å²) in [5.74, 6) is -0.174. The van der Waals surface area contributed by atoms with E-state index in [-0.39, 0.29) is 16.2 Å². The average Bonchev–Trinajstić information content (AvgIpc) is 2.43. The highest BCUT2D eigenvalue weighted by Crippen LogP contribution is 2.24. The quantitative estimate of drug-likeness (QED) is 0.549. The molecule has 1 aromatic heterocycles. The first-order valence-corrected chi connectivity index (χ1v) is 5.93. The Balaban J connectivity index is 2.76. The molecule has 104 valence electrons. The lowest BCUT2D eigenvalue weighted by atomic mass is 10.1. The van der Waals surface area contributed by atoms with Gasteiger partial charge in [-0.3, -0.25) is 10.2 Å². The van der Waals surface area contributed by atoms with E-state index in [0.29, 0.717) is 16.7 Å². The van der Waals surface area contributed by atoms with Crippen LogP contribution in [0.1, 0.15) is 10.4 Å². The maximum atomic E-state index is 11.4. The third kappa shape index (κ3) is 2.69. The molecule has 0 bridgehead atoms. The van der Waals surface area contributed by atoms with Crippen LogP contribution in [0.25, 0.3) is 11.0 Å². The molecule has 7 nitrogen and oxygen atoms in total. The highest BCUT2D eigenvalue weighted by Gasteiger charge is 2.11. The van der Waals surface area contributed by atoms with Gasteiger partial charge in [-0.05, 0) is 24.4 Å². The first-order chi connectivity index (χ1) is 9.52. The van der Waals surface area contributed by atoms with Crippen molar-refractivity contribution in [1.29, 1.82) is 0 Å². The molecule has 8 heteroatoms. The minimum absolute atomic E-state index is 0.0256. The second kappa shape index (κ2) is 5.57. The number of ether oxygens (including phenoxy) is 1. The number of methoxy groups -OCH3 is 1. The van der Waals surface area contributed by atoms with Gasteiger partial charge >= 0.3 is 0 Å². The van der Waals surface area contributed by atoms with Crippen molar-refractivity contribution in [3.05, 3.63) is 35.4 Å². The van der Waals surface area contributed by atoms with Gasteiger partial charge in [-0.1, -0.05) is 12.1 Å². The molecular formula is C12H12N4O3S. The number of thiocarbonyl (C=S) groups is 1. The van der Waals surface area contributed by atoms with Gasteiger partial charge < -0.3 is 20.6 Å². The van der Waals surface area contributed by atoms with Gasteiger partial charge in [0.05, 0.1) is 7.11 Å². The number of nitrogens with zero attached hydrogens (tertiary/aromatic N) is 1. The van der Waals surface area contributed by atoms with Crippen LogP contribution in [0, 0.1) is 0 Å². The van der Waals surface area contributed by atoms with Gasteiger partial charge in [0.1, 0.15) is 5.56 Å². The molecule has 2 rings (SSSR count). The Morgan fingerprint density at radius 2 is 2.20 bits per heavy atom. The van der Waals surface area contributed by atoms with Gasteiger partial charge in [0.15, 0.2) is 16.4 Å². The van der Waals surface area contributed by atoms with Crippen molar-refractivity contribution in [2.45, 2.75) is 0 Å². The van der Waals surface area contributed by atoms with Crippen molar-refractivity contribution in [1.82, 2.24) is 5.43 Å². The van der Waals surface area contributed by atoms with Crippen LogP contribution in [0.4, 0.5) is 0 Å². The molecule has 0 atom stereocenters. The van der Waals surface area contributed by atoms with Crippen molar-refractivity contribution in [2.75, 3.05) is 7.11 Å². The summed E-state index contributed by atoms with van der Waals surface area (Å²) in [5.41, 5.74) is 13.4. The van der Waals surface area contributed by atoms with E-state index < -0.39 is 5.91 Å². The minimum Gasteiger partial charge on any atom is -0.493 e. The zero-order valence-electron chi connectivity index (χ0n) is 10.5. The van der Waals surface area contributed by atoms with Crippen molar-refractivity contribution in [3.63, 3.8) is 0 Å². The Morgan fingerprint density at radius 1 is 1.45 bits per heavy atom. The number of fused-ring (bicyclic) bond motifs is 1. The SMILES string of the molecule is COc1cccc2cc(C(N)=O)c(=NNC(N)=S)oc12. The summed E-state index contributed by atoms with van der Waals surface area (Å²) in [6.07, 6.45) is 0. The van der Waals surface area contributed by atoms with Crippen LogP contribution < -0.4 is 27.2 Å². The van der Waals surface area contributed by atoms with Crippen LogP contribution in [0.5, 0.6) is 5.75 Å². The van der Waals surface area contributed by atoms with Crippen LogP contribution >= 0.6 is 12.2 Å². The highest BCUT2D eigenvalue weighted by molar-refractivity contribution is 7.80. The maximum absolute atomic E-state index is 11.4. The van der Waals surface area contributed by atoms with Gasteiger partial charge in [-0.25, -0.2) is 0 Å². The van der Waals surface area contributed by atoms with E-state index in [1.165, 1.54) is 7.11 Å². The van der Waals surface area contributed by atoms with Crippen molar-refractivity contribution in [3.8, 4) is 5.75 Å². The molecule has 0 fully saturated rings. The van der Waals surface area contributed by atoms with E-state index in [4.69, 9.17) is 20.6 Å². The molecule has 0 radical (unpaired) electrons. The lowest BCUT2D eigenvalue weighted by Gasteiger charge is -2.06. The molecule has 0 aliphatic carbocycles. The number of benzene rings is 1. The summed E-state index contributed by atoms with van der Waals surface area (Å²) in [6, 6.07) is 6.81. The molecule has 5 N–H and O–H groups in total. The highest BCUT2D eigenvalue weighted by atomic mass is 32.1. The zero-order valence-corrected chi connectivity index (χ0v) is 11.4. The van der Waals surface area contributed by atoms with Crippen molar-refractivity contribution >= 4 is 34.2 Å².